The lowest BCUT2D eigenvalue weighted by molar-refractivity contribution is -0.156. The van der Waals surface area contributed by atoms with Crippen molar-refractivity contribution in [3.05, 3.63) is 71.8 Å². The van der Waals surface area contributed by atoms with Crippen LogP contribution in [-0.2, 0) is 9.59 Å². The van der Waals surface area contributed by atoms with Crippen molar-refractivity contribution < 1.29 is 19.1 Å². The first-order valence-corrected chi connectivity index (χ1v) is 12.0. The summed E-state index contributed by atoms with van der Waals surface area (Å²) >= 11 is 0. The second-order valence-corrected chi connectivity index (χ2v) is 8.61. The highest BCUT2D eigenvalue weighted by molar-refractivity contribution is 6.31. The Labute approximate surface area is 201 Å². The highest BCUT2D eigenvalue weighted by Crippen LogP contribution is 2.26. The number of hydrogen-bond acceptors (Lipinski definition) is 6. The standard InChI is InChI=1S/C28H32N2O4/c1-3-29-15-7-11-23(19-29)21-9-5-13-25(17-21)33-27(31)28(32)34-26-14-6-10-22(18-26)24-12-8-16-30(4-2)20-24/h5-6,9-14,17-18H,3-4,7-8,15-16,19-20H2,1-2H3. The van der Waals surface area contributed by atoms with Gasteiger partial charge in [-0.3, -0.25) is 9.80 Å². The summed E-state index contributed by atoms with van der Waals surface area (Å²) in [5.41, 5.74) is 4.38. The largest absolute Gasteiger partial charge is 0.423 e. The van der Waals surface area contributed by atoms with Crippen LogP contribution >= 0.6 is 0 Å². The number of carbonyl (C=O) groups excluding carboxylic acids is 2. The molecule has 0 amide bonds. The maximum atomic E-state index is 12.4. The van der Waals surface area contributed by atoms with Crippen LogP contribution in [0.25, 0.3) is 11.1 Å². The second kappa shape index (κ2) is 11.3. The molecule has 2 heterocycles. The van der Waals surface area contributed by atoms with E-state index >= 15 is 0 Å². The fraction of sp³-hybridized carbons (Fsp3) is 0.357. The summed E-state index contributed by atoms with van der Waals surface area (Å²) in [7, 11) is 0. The number of benzene rings is 2. The summed E-state index contributed by atoms with van der Waals surface area (Å²) < 4.78 is 10.7. The predicted molar refractivity (Wildman–Crippen MR) is 134 cm³/mol. The predicted octanol–water partition coefficient (Wildman–Crippen LogP) is 4.42. The molecule has 0 radical (unpaired) electrons. The Bertz CT molecular complexity index is 1020. The quantitative estimate of drug-likeness (QED) is 0.361. The highest BCUT2D eigenvalue weighted by Gasteiger charge is 2.21. The Morgan fingerprint density at radius 3 is 1.59 bits per heavy atom. The molecule has 178 valence electrons. The van der Waals surface area contributed by atoms with Gasteiger partial charge in [0.25, 0.3) is 0 Å². The number of nitrogens with zero attached hydrogens (tertiary/aromatic N) is 2. The van der Waals surface area contributed by atoms with Gasteiger partial charge in [0, 0.05) is 26.2 Å². The normalized spacial score (nSPS) is 17.0. The van der Waals surface area contributed by atoms with Gasteiger partial charge in [-0.05, 0) is 72.5 Å². The minimum absolute atomic E-state index is 0.328. The van der Waals surface area contributed by atoms with Gasteiger partial charge < -0.3 is 9.47 Å². The van der Waals surface area contributed by atoms with Gasteiger partial charge in [0.1, 0.15) is 11.5 Å². The van der Waals surface area contributed by atoms with Crippen LogP contribution in [0.1, 0.15) is 37.8 Å². The molecule has 0 spiro atoms. The number of likely N-dealkylation sites (N-methyl/N-ethyl adjacent to an activating group) is 2. The van der Waals surface area contributed by atoms with Gasteiger partial charge in [0.15, 0.2) is 0 Å². The zero-order valence-corrected chi connectivity index (χ0v) is 20.0. The molecule has 0 bridgehead atoms. The van der Waals surface area contributed by atoms with E-state index in [9.17, 15) is 9.59 Å². The van der Waals surface area contributed by atoms with Gasteiger partial charge in [-0.2, -0.15) is 0 Å². The van der Waals surface area contributed by atoms with Gasteiger partial charge in [0.2, 0.25) is 0 Å². The molecule has 0 atom stereocenters. The van der Waals surface area contributed by atoms with Crippen molar-refractivity contribution in [1.29, 1.82) is 0 Å². The van der Waals surface area contributed by atoms with Crippen LogP contribution in [0.2, 0.25) is 0 Å². The lowest BCUT2D eigenvalue weighted by atomic mass is 10.0. The first-order valence-electron chi connectivity index (χ1n) is 12.0. The third-order valence-electron chi connectivity index (χ3n) is 6.35. The lowest BCUT2D eigenvalue weighted by Crippen LogP contribution is -2.29. The molecule has 0 aliphatic carbocycles. The molecule has 2 aromatic rings. The molecule has 0 N–H and O–H groups in total. The van der Waals surface area contributed by atoms with E-state index in [1.807, 2.05) is 24.3 Å². The van der Waals surface area contributed by atoms with Crippen LogP contribution in [-0.4, -0.2) is 61.0 Å². The number of carbonyl (C=O) groups is 2. The van der Waals surface area contributed by atoms with Crippen LogP contribution in [0.3, 0.4) is 0 Å². The Balaban J connectivity index is 1.39. The second-order valence-electron chi connectivity index (χ2n) is 8.61. The Hall–Kier alpha value is -3.22. The van der Waals surface area contributed by atoms with Crippen LogP contribution < -0.4 is 9.47 Å². The van der Waals surface area contributed by atoms with E-state index in [-0.39, 0.29) is 0 Å². The van der Waals surface area contributed by atoms with Crippen molar-refractivity contribution >= 4 is 23.1 Å². The number of rotatable bonds is 6. The monoisotopic (exact) mass is 460 g/mol. The van der Waals surface area contributed by atoms with Gasteiger partial charge in [-0.15, -0.1) is 0 Å². The number of esters is 2. The summed E-state index contributed by atoms with van der Waals surface area (Å²) in [6.07, 6.45) is 6.42. The minimum atomic E-state index is -1.04. The average Bonchev–Trinajstić information content (AvgIpc) is 2.89. The van der Waals surface area contributed by atoms with Crippen molar-refractivity contribution in [2.75, 3.05) is 39.3 Å². The first-order chi connectivity index (χ1) is 16.6. The first kappa shape index (κ1) is 23.9. The molecule has 0 unspecified atom stereocenters. The third-order valence-corrected chi connectivity index (χ3v) is 6.35. The maximum absolute atomic E-state index is 12.4. The van der Waals surface area contributed by atoms with Crippen LogP contribution in [0.4, 0.5) is 0 Å². The zero-order chi connectivity index (χ0) is 23.9. The Kier molecular flexibility index (Phi) is 7.93. The van der Waals surface area contributed by atoms with E-state index in [0.29, 0.717) is 11.5 Å². The van der Waals surface area contributed by atoms with Gasteiger partial charge in [0.05, 0.1) is 0 Å². The molecule has 0 saturated carbocycles. The molecule has 0 saturated heterocycles. The molecule has 6 heteroatoms. The van der Waals surface area contributed by atoms with Crippen LogP contribution in [0.15, 0.2) is 60.7 Å². The van der Waals surface area contributed by atoms with Crippen molar-refractivity contribution in [2.24, 2.45) is 0 Å². The molecule has 34 heavy (non-hydrogen) atoms. The molecule has 0 fully saturated rings. The van der Waals surface area contributed by atoms with E-state index in [4.69, 9.17) is 9.47 Å². The van der Waals surface area contributed by atoms with E-state index < -0.39 is 11.9 Å². The van der Waals surface area contributed by atoms with E-state index in [2.05, 4.69) is 35.8 Å². The zero-order valence-electron chi connectivity index (χ0n) is 20.0. The molecular formula is C28H32N2O4. The molecule has 6 nitrogen and oxygen atoms in total. The fourth-order valence-corrected chi connectivity index (χ4v) is 4.39. The molecule has 0 aromatic heterocycles. The van der Waals surface area contributed by atoms with E-state index in [1.165, 1.54) is 11.1 Å². The van der Waals surface area contributed by atoms with Crippen molar-refractivity contribution in [1.82, 2.24) is 9.80 Å². The summed E-state index contributed by atoms with van der Waals surface area (Å²) in [4.78, 5) is 29.6. The van der Waals surface area contributed by atoms with Gasteiger partial charge in [-0.1, -0.05) is 50.3 Å². The third kappa shape index (κ3) is 6.01. The van der Waals surface area contributed by atoms with Crippen LogP contribution in [0, 0.1) is 0 Å². The molecule has 4 rings (SSSR count). The minimum Gasteiger partial charge on any atom is -0.418 e. The Morgan fingerprint density at radius 1 is 0.735 bits per heavy atom. The number of ether oxygens (including phenoxy) is 2. The molecule has 2 aromatic carbocycles. The molecule has 2 aliphatic heterocycles. The molecular weight excluding hydrogens is 428 g/mol. The lowest BCUT2D eigenvalue weighted by Gasteiger charge is -2.26. The highest BCUT2D eigenvalue weighted by atomic mass is 16.6. The van der Waals surface area contributed by atoms with E-state index in [1.54, 1.807) is 24.3 Å². The average molecular weight is 461 g/mol. The van der Waals surface area contributed by atoms with Gasteiger partial charge >= 0.3 is 11.9 Å². The van der Waals surface area contributed by atoms with Crippen LogP contribution in [0.5, 0.6) is 11.5 Å². The van der Waals surface area contributed by atoms with Crippen molar-refractivity contribution in [2.45, 2.75) is 26.7 Å². The van der Waals surface area contributed by atoms with Gasteiger partial charge in [-0.25, -0.2) is 9.59 Å². The van der Waals surface area contributed by atoms with Crippen molar-refractivity contribution in [3.63, 3.8) is 0 Å². The van der Waals surface area contributed by atoms with Crippen molar-refractivity contribution in [3.8, 4) is 11.5 Å². The summed E-state index contributed by atoms with van der Waals surface area (Å²) in [6.45, 7) is 10.1. The SMILES string of the molecule is CCN1CCC=C(c2cccc(OC(=O)C(=O)Oc3cccc(C4=CCCN(CC)C4)c3)c2)C1. The summed E-state index contributed by atoms with van der Waals surface area (Å²) in [5.74, 6) is -1.42. The smallest absolute Gasteiger partial charge is 0.418 e. The summed E-state index contributed by atoms with van der Waals surface area (Å²) in [5, 5.41) is 0. The fourth-order valence-electron chi connectivity index (χ4n) is 4.39. The summed E-state index contributed by atoms with van der Waals surface area (Å²) in [6, 6.07) is 14.6. The van der Waals surface area contributed by atoms with E-state index in [0.717, 1.165) is 63.2 Å². The maximum Gasteiger partial charge on any atom is 0.423 e. The molecule has 2 aliphatic rings. The number of hydrogen-bond donors (Lipinski definition) is 0. The topological polar surface area (TPSA) is 59.1 Å². The Morgan fingerprint density at radius 2 is 1.18 bits per heavy atom.